The Hall–Kier alpha value is -4.11. The van der Waals surface area contributed by atoms with Crippen molar-refractivity contribution in [1.82, 2.24) is 0 Å². The van der Waals surface area contributed by atoms with E-state index < -0.39 is 23.1 Å². The van der Waals surface area contributed by atoms with Gasteiger partial charge in [-0.15, -0.1) is 11.8 Å². The minimum Gasteiger partial charge on any atom is -0.478 e. The van der Waals surface area contributed by atoms with Gasteiger partial charge in [0, 0.05) is 16.3 Å². The molecule has 0 heterocycles. The van der Waals surface area contributed by atoms with E-state index in [-0.39, 0.29) is 22.6 Å². The Morgan fingerprint density at radius 1 is 0.857 bits per heavy atom. The van der Waals surface area contributed by atoms with E-state index in [4.69, 9.17) is 0 Å². The molecule has 1 unspecified atom stereocenters. The minimum atomic E-state index is -1.19. The summed E-state index contributed by atoms with van der Waals surface area (Å²) in [7, 11) is 0. The average Bonchev–Trinajstić information content (AvgIpc) is 2.83. The number of carboxylic acids is 2. The van der Waals surface area contributed by atoms with E-state index in [1.54, 1.807) is 49.4 Å². The van der Waals surface area contributed by atoms with E-state index in [1.165, 1.54) is 36.0 Å². The lowest BCUT2D eigenvalue weighted by atomic mass is 10.1. The zero-order chi connectivity index (χ0) is 25.5. The first-order valence-electron chi connectivity index (χ1n) is 10.7. The molecule has 9 heteroatoms. The van der Waals surface area contributed by atoms with Gasteiger partial charge in [-0.1, -0.05) is 31.2 Å². The SMILES string of the molecule is CCC(Sc1cccc(NC(=O)c2ccccc2C(=O)O)c1)C(=O)Nc1cc(C(=O)O)ccc1C. The van der Waals surface area contributed by atoms with Crippen LogP contribution in [0.25, 0.3) is 0 Å². The zero-order valence-electron chi connectivity index (χ0n) is 19.1. The molecule has 3 aromatic rings. The van der Waals surface area contributed by atoms with Gasteiger partial charge in [-0.25, -0.2) is 9.59 Å². The quantitative estimate of drug-likeness (QED) is 0.304. The van der Waals surface area contributed by atoms with Gasteiger partial charge in [0.05, 0.1) is 21.9 Å². The summed E-state index contributed by atoms with van der Waals surface area (Å²) in [4.78, 5) is 49.0. The number of aromatic carboxylic acids is 2. The third kappa shape index (κ3) is 6.48. The van der Waals surface area contributed by atoms with Gasteiger partial charge in [-0.2, -0.15) is 0 Å². The maximum Gasteiger partial charge on any atom is 0.336 e. The molecule has 0 bridgehead atoms. The molecule has 180 valence electrons. The van der Waals surface area contributed by atoms with Crippen LogP contribution < -0.4 is 10.6 Å². The molecule has 0 aliphatic heterocycles. The number of aryl methyl sites for hydroxylation is 1. The molecular formula is C26H24N2O6S. The van der Waals surface area contributed by atoms with Crippen LogP contribution in [-0.4, -0.2) is 39.2 Å². The fourth-order valence-corrected chi connectivity index (χ4v) is 4.32. The Morgan fingerprint density at radius 3 is 2.23 bits per heavy atom. The van der Waals surface area contributed by atoms with Crippen LogP contribution in [0, 0.1) is 6.92 Å². The third-order valence-electron chi connectivity index (χ3n) is 5.18. The van der Waals surface area contributed by atoms with Crippen molar-refractivity contribution in [2.75, 3.05) is 10.6 Å². The lowest BCUT2D eigenvalue weighted by molar-refractivity contribution is -0.115. The zero-order valence-corrected chi connectivity index (χ0v) is 19.9. The highest BCUT2D eigenvalue weighted by Gasteiger charge is 2.20. The summed E-state index contributed by atoms with van der Waals surface area (Å²) in [5.41, 5.74) is 1.67. The molecule has 35 heavy (non-hydrogen) atoms. The second kappa shape index (κ2) is 11.3. The highest BCUT2D eigenvalue weighted by Crippen LogP contribution is 2.29. The van der Waals surface area contributed by atoms with Gasteiger partial charge in [0.1, 0.15) is 0 Å². The topological polar surface area (TPSA) is 133 Å². The molecule has 4 N–H and O–H groups in total. The average molecular weight is 493 g/mol. The Balaban J connectivity index is 1.73. The van der Waals surface area contributed by atoms with E-state index in [0.717, 1.165) is 10.5 Å². The molecule has 3 rings (SSSR count). The summed E-state index contributed by atoms with van der Waals surface area (Å²) in [5.74, 6) is -3.09. The van der Waals surface area contributed by atoms with E-state index >= 15 is 0 Å². The van der Waals surface area contributed by atoms with Gasteiger partial charge in [0.25, 0.3) is 5.91 Å². The number of carbonyl (C=O) groups is 4. The van der Waals surface area contributed by atoms with E-state index in [9.17, 15) is 29.4 Å². The van der Waals surface area contributed by atoms with E-state index in [1.807, 2.05) is 6.92 Å². The maximum absolute atomic E-state index is 12.9. The van der Waals surface area contributed by atoms with Gasteiger partial charge in [0.15, 0.2) is 0 Å². The predicted octanol–water partition coefficient (Wildman–Crippen LogP) is 5.15. The second-order valence-corrected chi connectivity index (χ2v) is 8.95. The molecule has 8 nitrogen and oxygen atoms in total. The molecule has 0 aliphatic carbocycles. The summed E-state index contributed by atoms with van der Waals surface area (Å²) < 4.78 is 0. The van der Waals surface area contributed by atoms with Crippen molar-refractivity contribution in [2.24, 2.45) is 0 Å². The van der Waals surface area contributed by atoms with Gasteiger partial charge < -0.3 is 20.8 Å². The van der Waals surface area contributed by atoms with Crippen molar-refractivity contribution in [3.05, 3.63) is 89.0 Å². The largest absolute Gasteiger partial charge is 0.478 e. The molecule has 0 aromatic heterocycles. The number of carboxylic acid groups (broad SMARTS) is 2. The van der Waals surface area contributed by atoms with Crippen LogP contribution in [0.15, 0.2) is 71.6 Å². The Bertz CT molecular complexity index is 1290. The molecule has 0 saturated carbocycles. The predicted molar refractivity (Wildman–Crippen MR) is 135 cm³/mol. The number of amides is 2. The lowest BCUT2D eigenvalue weighted by Crippen LogP contribution is -2.25. The van der Waals surface area contributed by atoms with Gasteiger partial charge in [0.2, 0.25) is 5.91 Å². The number of hydrogen-bond acceptors (Lipinski definition) is 5. The monoisotopic (exact) mass is 492 g/mol. The molecule has 0 aliphatic rings. The fourth-order valence-electron chi connectivity index (χ4n) is 3.30. The second-order valence-electron chi connectivity index (χ2n) is 7.67. The van der Waals surface area contributed by atoms with Gasteiger partial charge in [-0.05, 0) is 61.4 Å². The van der Waals surface area contributed by atoms with Crippen LogP contribution in [-0.2, 0) is 4.79 Å². The van der Waals surface area contributed by atoms with Crippen molar-refractivity contribution in [3.63, 3.8) is 0 Å². The number of nitrogens with one attached hydrogen (secondary N) is 2. The first-order valence-corrected chi connectivity index (χ1v) is 11.6. The van der Waals surface area contributed by atoms with Crippen molar-refractivity contribution in [3.8, 4) is 0 Å². The van der Waals surface area contributed by atoms with E-state index in [2.05, 4.69) is 10.6 Å². The smallest absolute Gasteiger partial charge is 0.336 e. The number of rotatable bonds is 9. The first kappa shape index (κ1) is 25.5. The van der Waals surface area contributed by atoms with Crippen LogP contribution in [0.2, 0.25) is 0 Å². The van der Waals surface area contributed by atoms with E-state index in [0.29, 0.717) is 17.8 Å². The minimum absolute atomic E-state index is 0.0443. The fraction of sp³-hybridized carbons (Fsp3) is 0.154. The number of benzene rings is 3. The van der Waals surface area contributed by atoms with Gasteiger partial charge >= 0.3 is 11.9 Å². The van der Waals surface area contributed by atoms with Crippen LogP contribution >= 0.6 is 11.8 Å². The Labute approximate surface area is 206 Å². The summed E-state index contributed by atoms with van der Waals surface area (Å²) in [6.07, 6.45) is 0.511. The molecule has 0 spiro atoms. The molecule has 0 radical (unpaired) electrons. The van der Waals surface area contributed by atoms with Crippen molar-refractivity contribution in [2.45, 2.75) is 30.4 Å². The Morgan fingerprint density at radius 2 is 1.57 bits per heavy atom. The Kier molecular flexibility index (Phi) is 8.27. The van der Waals surface area contributed by atoms with Crippen LogP contribution in [0.3, 0.4) is 0 Å². The summed E-state index contributed by atoms with van der Waals surface area (Å²) in [5, 5.41) is 23.6. The molecule has 0 saturated heterocycles. The third-order valence-corrected chi connectivity index (χ3v) is 6.54. The van der Waals surface area contributed by atoms with Crippen LogP contribution in [0.5, 0.6) is 0 Å². The maximum atomic E-state index is 12.9. The molecule has 3 aromatic carbocycles. The van der Waals surface area contributed by atoms with Crippen LogP contribution in [0.1, 0.15) is 50.0 Å². The van der Waals surface area contributed by atoms with Crippen molar-refractivity contribution >= 4 is 46.9 Å². The number of anilines is 2. The molecule has 1 atom stereocenters. The van der Waals surface area contributed by atoms with Crippen LogP contribution in [0.4, 0.5) is 11.4 Å². The van der Waals surface area contributed by atoms with Crippen molar-refractivity contribution in [1.29, 1.82) is 0 Å². The highest BCUT2D eigenvalue weighted by molar-refractivity contribution is 8.00. The summed E-state index contributed by atoms with van der Waals surface area (Å²) in [6, 6.07) is 17.4. The molecule has 2 amide bonds. The summed E-state index contributed by atoms with van der Waals surface area (Å²) >= 11 is 1.30. The standard InChI is InChI=1S/C26H24N2O6S/c1-3-22(24(30)28-21-13-16(25(31)32)12-11-15(21)2)35-18-8-6-7-17(14-18)27-23(29)19-9-4-5-10-20(19)26(33)34/h4-14,22H,3H2,1-2H3,(H,27,29)(H,28,30)(H,31,32)(H,33,34). The number of hydrogen-bond donors (Lipinski definition) is 4. The summed E-state index contributed by atoms with van der Waals surface area (Å²) in [6.45, 7) is 3.65. The normalized spacial score (nSPS) is 11.4. The van der Waals surface area contributed by atoms with Crippen molar-refractivity contribution < 1.29 is 29.4 Å². The number of thioether (sulfide) groups is 1. The first-order chi connectivity index (χ1) is 16.7. The number of carbonyl (C=O) groups excluding carboxylic acids is 2. The van der Waals surface area contributed by atoms with Gasteiger partial charge in [-0.3, -0.25) is 9.59 Å². The highest BCUT2D eigenvalue weighted by atomic mass is 32.2. The molecular weight excluding hydrogens is 468 g/mol. The molecule has 0 fully saturated rings. The lowest BCUT2D eigenvalue weighted by Gasteiger charge is -2.17.